The first-order valence-electron chi connectivity index (χ1n) is 5.58. The number of ketones is 1. The van der Waals surface area contributed by atoms with E-state index in [2.05, 4.69) is 0 Å². The van der Waals surface area contributed by atoms with Gasteiger partial charge in [0.15, 0.2) is 15.6 Å². The van der Waals surface area contributed by atoms with Gasteiger partial charge in [-0.05, 0) is 12.8 Å². The first-order chi connectivity index (χ1) is 7.41. The highest BCUT2D eigenvalue weighted by Gasteiger charge is 2.43. The summed E-state index contributed by atoms with van der Waals surface area (Å²) in [5.74, 6) is -0.342. The largest absolute Gasteiger partial charge is 0.318 e. The Labute approximate surface area is 95.8 Å². The van der Waals surface area contributed by atoms with Crippen LogP contribution in [-0.4, -0.2) is 31.7 Å². The molecule has 2 aliphatic carbocycles. The van der Waals surface area contributed by atoms with E-state index >= 15 is 0 Å². The van der Waals surface area contributed by atoms with Crippen molar-refractivity contribution in [2.75, 3.05) is 6.26 Å². The summed E-state index contributed by atoms with van der Waals surface area (Å²) in [5, 5.41) is -0.404. The SMILES string of the molecule is CS(=O)(=O)[C@H]1CCC[C@H]2C(=O)[C@@H](N)C=CC21. The lowest BCUT2D eigenvalue weighted by molar-refractivity contribution is -0.125. The Balaban J connectivity index is 2.34. The number of hydrogen-bond donors (Lipinski definition) is 1. The second kappa shape index (κ2) is 3.96. The molecule has 0 heterocycles. The minimum atomic E-state index is -3.08. The predicted octanol–water partition coefficient (Wildman–Crippen LogP) is 0.282. The summed E-state index contributed by atoms with van der Waals surface area (Å²) in [7, 11) is -3.08. The molecule has 0 saturated heterocycles. The summed E-state index contributed by atoms with van der Waals surface area (Å²) in [6.07, 6.45) is 6.97. The number of rotatable bonds is 1. The molecular weight excluding hydrogens is 226 g/mol. The number of hydrogen-bond acceptors (Lipinski definition) is 4. The molecule has 1 unspecified atom stereocenters. The van der Waals surface area contributed by atoms with E-state index in [-0.39, 0.29) is 17.6 Å². The minimum Gasteiger partial charge on any atom is -0.318 e. The Morgan fingerprint density at radius 2 is 2.00 bits per heavy atom. The monoisotopic (exact) mass is 243 g/mol. The van der Waals surface area contributed by atoms with Gasteiger partial charge >= 0.3 is 0 Å². The predicted molar refractivity (Wildman–Crippen MR) is 61.6 cm³/mol. The molecule has 0 radical (unpaired) electrons. The zero-order valence-corrected chi connectivity index (χ0v) is 10.1. The maximum absolute atomic E-state index is 11.9. The molecule has 2 rings (SSSR count). The van der Waals surface area contributed by atoms with Gasteiger partial charge in [0.1, 0.15) is 0 Å². The first kappa shape index (κ1) is 11.8. The van der Waals surface area contributed by atoms with Crippen LogP contribution in [0.15, 0.2) is 12.2 Å². The second-order valence-electron chi connectivity index (χ2n) is 4.80. The van der Waals surface area contributed by atoms with Gasteiger partial charge in [0, 0.05) is 18.1 Å². The maximum Gasteiger partial charge on any atom is 0.157 e. The average Bonchev–Trinajstić information content (AvgIpc) is 2.21. The van der Waals surface area contributed by atoms with Gasteiger partial charge in [-0.25, -0.2) is 8.42 Å². The van der Waals surface area contributed by atoms with E-state index in [1.165, 1.54) is 6.26 Å². The van der Waals surface area contributed by atoms with Crippen LogP contribution in [0, 0.1) is 11.8 Å². The van der Waals surface area contributed by atoms with Crippen molar-refractivity contribution in [3.63, 3.8) is 0 Å². The van der Waals surface area contributed by atoms with Crippen molar-refractivity contribution >= 4 is 15.6 Å². The van der Waals surface area contributed by atoms with Gasteiger partial charge in [-0.3, -0.25) is 4.79 Å². The van der Waals surface area contributed by atoms with E-state index in [9.17, 15) is 13.2 Å². The fraction of sp³-hybridized carbons (Fsp3) is 0.727. The Morgan fingerprint density at radius 1 is 1.31 bits per heavy atom. The topological polar surface area (TPSA) is 77.2 Å². The summed E-state index contributed by atoms with van der Waals surface area (Å²) in [4.78, 5) is 11.9. The lowest BCUT2D eigenvalue weighted by atomic mass is 9.72. The third-order valence-corrected chi connectivity index (χ3v) is 5.33. The number of nitrogens with two attached hydrogens (primary N) is 1. The molecule has 0 aromatic rings. The molecule has 0 spiro atoms. The normalized spacial score (nSPS) is 39.5. The molecule has 2 N–H and O–H groups in total. The van der Waals surface area contributed by atoms with E-state index in [4.69, 9.17) is 5.73 Å². The van der Waals surface area contributed by atoms with Crippen molar-refractivity contribution in [1.82, 2.24) is 0 Å². The van der Waals surface area contributed by atoms with Crippen molar-refractivity contribution in [2.45, 2.75) is 30.6 Å². The summed E-state index contributed by atoms with van der Waals surface area (Å²) < 4.78 is 23.3. The molecule has 0 aromatic carbocycles. The zero-order valence-electron chi connectivity index (χ0n) is 9.30. The van der Waals surface area contributed by atoms with Crippen molar-refractivity contribution in [3.8, 4) is 0 Å². The summed E-state index contributed by atoms with van der Waals surface area (Å²) in [5.41, 5.74) is 5.65. The summed E-state index contributed by atoms with van der Waals surface area (Å²) in [6, 6.07) is -0.542. The van der Waals surface area contributed by atoms with Crippen LogP contribution in [0.5, 0.6) is 0 Å². The lowest BCUT2D eigenvalue weighted by Crippen LogP contribution is -2.47. The molecule has 2 aliphatic rings. The van der Waals surface area contributed by atoms with Gasteiger partial charge in [-0.15, -0.1) is 0 Å². The fourth-order valence-electron chi connectivity index (χ4n) is 2.86. The number of carbonyl (C=O) groups excluding carboxylic acids is 1. The molecule has 5 heteroatoms. The molecule has 16 heavy (non-hydrogen) atoms. The Kier molecular flexibility index (Phi) is 2.92. The first-order valence-corrected chi connectivity index (χ1v) is 7.53. The van der Waals surface area contributed by atoms with Crippen LogP contribution in [0.25, 0.3) is 0 Å². The number of allylic oxidation sites excluding steroid dienone is 1. The van der Waals surface area contributed by atoms with Crippen LogP contribution in [0.2, 0.25) is 0 Å². The van der Waals surface area contributed by atoms with Crippen LogP contribution in [0.3, 0.4) is 0 Å². The van der Waals surface area contributed by atoms with E-state index in [1.807, 2.05) is 6.08 Å². The van der Waals surface area contributed by atoms with Gasteiger partial charge in [0.25, 0.3) is 0 Å². The molecule has 0 amide bonds. The highest BCUT2D eigenvalue weighted by molar-refractivity contribution is 7.91. The number of Topliss-reactive ketones (excluding diaryl/α,β-unsaturated/α-hetero) is 1. The third kappa shape index (κ3) is 1.94. The summed E-state index contributed by atoms with van der Waals surface area (Å²) in [6.45, 7) is 0. The molecule has 90 valence electrons. The van der Waals surface area contributed by atoms with Crippen LogP contribution < -0.4 is 5.73 Å². The van der Waals surface area contributed by atoms with Gasteiger partial charge < -0.3 is 5.73 Å². The molecular formula is C11H17NO3S. The number of carbonyl (C=O) groups is 1. The molecule has 0 aliphatic heterocycles. The van der Waals surface area contributed by atoms with Gasteiger partial charge in [-0.2, -0.15) is 0 Å². The van der Waals surface area contributed by atoms with Gasteiger partial charge in [0.2, 0.25) is 0 Å². The number of sulfone groups is 1. The molecule has 0 aromatic heterocycles. The zero-order chi connectivity index (χ0) is 11.9. The molecule has 4 atom stereocenters. The smallest absolute Gasteiger partial charge is 0.157 e. The van der Waals surface area contributed by atoms with Crippen LogP contribution >= 0.6 is 0 Å². The molecule has 1 saturated carbocycles. The standard InChI is InChI=1S/C11H17NO3S/c1-16(14,15)10-4-2-3-8-7(10)5-6-9(12)11(8)13/h5-10H,2-4,12H2,1H3/t7?,8-,9+,10+/m1/s1. The highest BCUT2D eigenvalue weighted by Crippen LogP contribution is 2.38. The number of fused-ring (bicyclic) bond motifs is 1. The van der Waals surface area contributed by atoms with Crippen molar-refractivity contribution in [3.05, 3.63) is 12.2 Å². The Morgan fingerprint density at radius 3 is 2.62 bits per heavy atom. The second-order valence-corrected chi connectivity index (χ2v) is 7.06. The van der Waals surface area contributed by atoms with Gasteiger partial charge in [0.05, 0.1) is 11.3 Å². The third-order valence-electron chi connectivity index (χ3n) is 3.68. The minimum absolute atomic E-state index is 0.000787. The molecule has 4 nitrogen and oxygen atoms in total. The summed E-state index contributed by atoms with van der Waals surface area (Å²) >= 11 is 0. The van der Waals surface area contributed by atoms with E-state index in [1.54, 1.807) is 6.08 Å². The van der Waals surface area contributed by atoms with E-state index in [0.717, 1.165) is 12.8 Å². The maximum atomic E-state index is 11.9. The fourth-order valence-corrected chi connectivity index (χ4v) is 4.31. The van der Waals surface area contributed by atoms with Crippen molar-refractivity contribution in [1.29, 1.82) is 0 Å². The van der Waals surface area contributed by atoms with E-state index in [0.29, 0.717) is 6.42 Å². The van der Waals surface area contributed by atoms with E-state index < -0.39 is 21.1 Å². The van der Waals surface area contributed by atoms with Crippen LogP contribution in [0.4, 0.5) is 0 Å². The average molecular weight is 243 g/mol. The van der Waals surface area contributed by atoms with Crippen LogP contribution in [0.1, 0.15) is 19.3 Å². The molecule has 1 fully saturated rings. The Bertz CT molecular complexity index is 427. The highest BCUT2D eigenvalue weighted by atomic mass is 32.2. The Hall–Kier alpha value is -0.680. The van der Waals surface area contributed by atoms with Crippen molar-refractivity contribution < 1.29 is 13.2 Å². The van der Waals surface area contributed by atoms with Crippen molar-refractivity contribution in [2.24, 2.45) is 17.6 Å². The van der Waals surface area contributed by atoms with Crippen LogP contribution in [-0.2, 0) is 14.6 Å². The molecule has 0 bridgehead atoms. The van der Waals surface area contributed by atoms with Gasteiger partial charge in [-0.1, -0.05) is 18.6 Å². The lowest BCUT2D eigenvalue weighted by Gasteiger charge is -2.37. The quantitative estimate of drug-likeness (QED) is 0.671.